The lowest BCUT2D eigenvalue weighted by Crippen LogP contribution is -2.47. The Morgan fingerprint density at radius 3 is 2.73 bits per heavy atom. The minimum atomic E-state index is -3.43. The van der Waals surface area contributed by atoms with Crippen molar-refractivity contribution < 1.29 is 12.9 Å². The Labute approximate surface area is 155 Å². The molecule has 1 saturated heterocycles. The molecule has 3 aromatic rings. The van der Waals surface area contributed by atoms with E-state index >= 15 is 0 Å². The van der Waals surface area contributed by atoms with Gasteiger partial charge >= 0.3 is 0 Å². The molecule has 1 aliphatic heterocycles. The summed E-state index contributed by atoms with van der Waals surface area (Å²) in [6.45, 7) is 0.726. The first kappa shape index (κ1) is 17.1. The first-order valence-corrected chi connectivity index (χ1v) is 10.6. The number of thiophene rings is 1. The Morgan fingerprint density at radius 1 is 1.19 bits per heavy atom. The van der Waals surface area contributed by atoms with Crippen molar-refractivity contribution in [1.82, 2.24) is 14.4 Å². The van der Waals surface area contributed by atoms with Crippen molar-refractivity contribution in [2.75, 3.05) is 13.1 Å². The predicted octanol–water partition coefficient (Wildman–Crippen LogP) is 3.12. The van der Waals surface area contributed by atoms with Gasteiger partial charge in [0.25, 0.3) is 0 Å². The Bertz CT molecular complexity index is 990. The molecule has 2 aromatic heterocycles. The minimum absolute atomic E-state index is 0.0421. The quantitative estimate of drug-likeness (QED) is 0.649. The Hall–Kier alpha value is -2.29. The Kier molecular flexibility index (Phi) is 4.71. The molecule has 1 fully saturated rings. The second-order valence-corrected chi connectivity index (χ2v) is 8.93. The van der Waals surface area contributed by atoms with Crippen LogP contribution in [0.1, 0.15) is 28.1 Å². The highest BCUT2D eigenvalue weighted by molar-refractivity contribution is 7.92. The summed E-state index contributed by atoms with van der Waals surface area (Å²) in [5.41, 5.74) is 0.850. The molecule has 26 heavy (non-hydrogen) atoms. The number of nitrogens with zero attached hydrogens (tertiary/aromatic N) is 3. The summed E-state index contributed by atoms with van der Waals surface area (Å²) < 4.78 is 31.4. The van der Waals surface area contributed by atoms with Crippen molar-refractivity contribution >= 4 is 27.4 Å². The number of benzene rings is 1. The zero-order chi connectivity index (χ0) is 18.0. The average molecular weight is 387 g/mol. The van der Waals surface area contributed by atoms with Gasteiger partial charge < -0.3 is 4.52 Å². The van der Waals surface area contributed by atoms with Crippen LogP contribution >= 0.6 is 11.3 Å². The van der Waals surface area contributed by atoms with Gasteiger partial charge in [0.15, 0.2) is 5.82 Å². The third-order valence-corrected chi connectivity index (χ3v) is 6.56. The molecule has 6 nitrogen and oxygen atoms in total. The van der Waals surface area contributed by atoms with Gasteiger partial charge in [-0.05, 0) is 23.1 Å². The summed E-state index contributed by atoms with van der Waals surface area (Å²) in [4.78, 5) is 5.57. The van der Waals surface area contributed by atoms with Gasteiger partial charge in [-0.2, -0.15) is 9.29 Å². The van der Waals surface area contributed by atoms with Gasteiger partial charge in [0.05, 0.1) is 5.92 Å². The third-order valence-electron chi connectivity index (χ3n) is 4.19. The molecule has 1 aliphatic rings. The lowest BCUT2D eigenvalue weighted by atomic mass is 10.0. The molecule has 0 amide bonds. The molecule has 1 aromatic carbocycles. The van der Waals surface area contributed by atoms with Crippen molar-refractivity contribution in [1.29, 1.82) is 0 Å². The van der Waals surface area contributed by atoms with Gasteiger partial charge in [-0.1, -0.05) is 41.6 Å². The van der Waals surface area contributed by atoms with E-state index in [0.29, 0.717) is 31.2 Å². The zero-order valence-corrected chi connectivity index (χ0v) is 15.5. The maximum absolute atomic E-state index is 12.4. The number of hydrogen-bond acceptors (Lipinski definition) is 6. The van der Waals surface area contributed by atoms with Crippen LogP contribution in [0.15, 0.2) is 57.8 Å². The summed E-state index contributed by atoms with van der Waals surface area (Å²) in [5, 5.41) is 7.25. The highest BCUT2D eigenvalue weighted by atomic mass is 32.2. The summed E-state index contributed by atoms with van der Waals surface area (Å²) in [6, 6.07) is 13.4. The largest absolute Gasteiger partial charge is 0.339 e. The van der Waals surface area contributed by atoms with Gasteiger partial charge in [-0.15, -0.1) is 11.3 Å². The normalized spacial score (nSPS) is 16.2. The molecule has 3 heterocycles. The van der Waals surface area contributed by atoms with E-state index in [1.54, 1.807) is 17.4 Å². The number of aromatic nitrogens is 2. The van der Waals surface area contributed by atoms with E-state index in [2.05, 4.69) is 10.1 Å². The summed E-state index contributed by atoms with van der Waals surface area (Å²) in [5.74, 6) is 1.10. The smallest absolute Gasteiger partial charge is 0.236 e. The van der Waals surface area contributed by atoms with E-state index in [0.717, 1.165) is 5.56 Å². The lowest BCUT2D eigenvalue weighted by Gasteiger charge is -2.34. The summed E-state index contributed by atoms with van der Waals surface area (Å²) in [7, 11) is -3.43. The minimum Gasteiger partial charge on any atom is -0.339 e. The van der Waals surface area contributed by atoms with Crippen molar-refractivity contribution in [2.45, 2.75) is 12.3 Å². The van der Waals surface area contributed by atoms with Gasteiger partial charge in [-0.3, -0.25) is 0 Å². The van der Waals surface area contributed by atoms with E-state index in [-0.39, 0.29) is 5.92 Å². The third kappa shape index (κ3) is 3.77. The standard InChI is InChI=1S/C18H17N3O3S2/c22-26(23,10-8-14-5-2-1-3-6-14)21-12-15(13-21)18-19-17(20-24-18)11-16-7-4-9-25-16/h1-10,15H,11-13H2/b10-8+. The fourth-order valence-electron chi connectivity index (χ4n) is 2.69. The summed E-state index contributed by atoms with van der Waals surface area (Å²) in [6.07, 6.45) is 2.24. The summed E-state index contributed by atoms with van der Waals surface area (Å²) >= 11 is 1.65. The molecule has 0 radical (unpaired) electrons. The molecule has 8 heteroatoms. The van der Waals surface area contributed by atoms with Crippen LogP contribution in [0.3, 0.4) is 0 Å². The van der Waals surface area contributed by atoms with E-state index in [1.807, 2.05) is 47.8 Å². The van der Waals surface area contributed by atoms with E-state index in [1.165, 1.54) is 14.6 Å². The highest BCUT2D eigenvalue weighted by Crippen LogP contribution is 2.29. The van der Waals surface area contributed by atoms with Crippen LogP contribution < -0.4 is 0 Å². The van der Waals surface area contributed by atoms with Crippen LogP contribution in [0.25, 0.3) is 6.08 Å². The van der Waals surface area contributed by atoms with Crippen LogP contribution in [0.2, 0.25) is 0 Å². The Morgan fingerprint density at radius 2 is 2.00 bits per heavy atom. The van der Waals surface area contributed by atoms with Gasteiger partial charge in [-0.25, -0.2) is 8.42 Å². The SMILES string of the molecule is O=S(=O)(/C=C/c1ccccc1)N1CC(c2nc(Cc3cccs3)no2)C1. The fraction of sp³-hybridized carbons (Fsp3) is 0.222. The molecule has 0 aliphatic carbocycles. The second-order valence-electron chi connectivity index (χ2n) is 6.08. The fourth-order valence-corrected chi connectivity index (χ4v) is 4.67. The monoisotopic (exact) mass is 387 g/mol. The van der Waals surface area contributed by atoms with Gasteiger partial charge in [0.2, 0.25) is 15.9 Å². The Balaban J connectivity index is 1.36. The number of rotatable bonds is 6. The lowest BCUT2D eigenvalue weighted by molar-refractivity contribution is 0.218. The van der Waals surface area contributed by atoms with Crippen LogP contribution in [-0.2, 0) is 16.4 Å². The molecule has 0 N–H and O–H groups in total. The molecule has 0 atom stereocenters. The van der Waals surface area contributed by atoms with Crippen LogP contribution in [-0.4, -0.2) is 36.0 Å². The zero-order valence-electron chi connectivity index (χ0n) is 13.9. The van der Waals surface area contributed by atoms with Crippen molar-refractivity contribution in [3.63, 3.8) is 0 Å². The first-order chi connectivity index (χ1) is 12.6. The highest BCUT2D eigenvalue weighted by Gasteiger charge is 2.38. The molecular formula is C18H17N3O3S2. The van der Waals surface area contributed by atoms with E-state index < -0.39 is 10.0 Å². The number of sulfonamides is 1. The number of hydrogen-bond donors (Lipinski definition) is 0. The second kappa shape index (κ2) is 7.14. The van der Waals surface area contributed by atoms with Crippen LogP contribution in [0, 0.1) is 0 Å². The maximum atomic E-state index is 12.4. The van der Waals surface area contributed by atoms with Gasteiger partial charge in [0.1, 0.15) is 0 Å². The maximum Gasteiger partial charge on any atom is 0.236 e. The molecule has 0 bridgehead atoms. The van der Waals surface area contributed by atoms with Crippen LogP contribution in [0.5, 0.6) is 0 Å². The van der Waals surface area contributed by atoms with Crippen molar-refractivity contribution in [3.8, 4) is 0 Å². The van der Waals surface area contributed by atoms with Crippen molar-refractivity contribution in [3.05, 3.63) is 75.4 Å². The van der Waals surface area contributed by atoms with E-state index in [4.69, 9.17) is 4.52 Å². The first-order valence-electron chi connectivity index (χ1n) is 8.18. The van der Waals surface area contributed by atoms with Crippen LogP contribution in [0.4, 0.5) is 0 Å². The average Bonchev–Trinajstić information content (AvgIpc) is 3.25. The molecule has 0 saturated carbocycles. The molecule has 134 valence electrons. The van der Waals surface area contributed by atoms with E-state index in [9.17, 15) is 8.42 Å². The molecular weight excluding hydrogens is 370 g/mol. The topological polar surface area (TPSA) is 76.3 Å². The van der Waals surface area contributed by atoms with Crippen molar-refractivity contribution in [2.24, 2.45) is 0 Å². The molecule has 0 spiro atoms. The predicted molar refractivity (Wildman–Crippen MR) is 100 cm³/mol. The molecule has 4 rings (SSSR count). The van der Waals surface area contributed by atoms with Gasteiger partial charge in [0, 0.05) is 29.8 Å². The molecule has 0 unspecified atom stereocenters.